The summed E-state index contributed by atoms with van der Waals surface area (Å²) in [5.74, 6) is 3.44. The molecule has 126 valence electrons. The fourth-order valence-corrected chi connectivity index (χ4v) is 4.44. The van der Waals surface area contributed by atoms with Gasteiger partial charge in [0.2, 0.25) is 0 Å². The minimum absolute atomic E-state index is 0.106. The van der Waals surface area contributed by atoms with E-state index in [1.807, 2.05) is 35.2 Å². The van der Waals surface area contributed by atoms with Crippen molar-refractivity contribution < 1.29 is 9.53 Å². The molecule has 0 aliphatic carbocycles. The third-order valence-corrected chi connectivity index (χ3v) is 5.74. The van der Waals surface area contributed by atoms with Gasteiger partial charge in [-0.25, -0.2) is 0 Å². The number of hydrogen-bond donors (Lipinski definition) is 0. The van der Waals surface area contributed by atoms with E-state index in [1.165, 1.54) is 24.3 Å². The molecule has 1 aromatic carbocycles. The summed E-state index contributed by atoms with van der Waals surface area (Å²) >= 11 is 2.07. The van der Waals surface area contributed by atoms with Crippen LogP contribution < -0.4 is 4.74 Å². The second-order valence-corrected chi connectivity index (χ2v) is 7.44. The zero-order chi connectivity index (χ0) is 15.9. The molecule has 2 fully saturated rings. The number of nitrogens with zero attached hydrogens (tertiary/aromatic N) is 2. The van der Waals surface area contributed by atoms with Crippen molar-refractivity contribution in [3.8, 4) is 5.75 Å². The Balaban J connectivity index is 1.46. The third-order valence-electron chi connectivity index (χ3n) is 4.70. The van der Waals surface area contributed by atoms with Crippen LogP contribution in [0.2, 0.25) is 0 Å². The predicted molar refractivity (Wildman–Crippen MR) is 95.1 cm³/mol. The van der Waals surface area contributed by atoms with Crippen LogP contribution in [0.15, 0.2) is 30.3 Å². The number of thioether (sulfide) groups is 1. The third kappa shape index (κ3) is 4.88. The lowest BCUT2D eigenvalue weighted by Crippen LogP contribution is -2.42. The van der Waals surface area contributed by atoms with Gasteiger partial charge in [0.1, 0.15) is 5.75 Å². The molecule has 0 unspecified atom stereocenters. The Morgan fingerprint density at radius 1 is 1.09 bits per heavy atom. The maximum atomic E-state index is 12.4. The zero-order valence-electron chi connectivity index (χ0n) is 13.7. The Hall–Kier alpha value is -1.20. The highest BCUT2D eigenvalue weighted by Crippen LogP contribution is 2.22. The molecular weight excluding hydrogens is 308 g/mol. The van der Waals surface area contributed by atoms with Crippen molar-refractivity contribution in [1.82, 2.24) is 9.80 Å². The molecule has 1 aromatic rings. The van der Waals surface area contributed by atoms with Gasteiger partial charge in [0.05, 0.1) is 0 Å². The number of para-hydroxylation sites is 1. The van der Waals surface area contributed by atoms with Crippen molar-refractivity contribution in [2.45, 2.75) is 25.3 Å². The first kappa shape index (κ1) is 16.7. The van der Waals surface area contributed by atoms with Crippen LogP contribution >= 0.6 is 11.8 Å². The minimum Gasteiger partial charge on any atom is -0.484 e. The molecule has 0 spiro atoms. The average Bonchev–Trinajstić information content (AvgIpc) is 2.87. The van der Waals surface area contributed by atoms with Crippen molar-refractivity contribution >= 4 is 17.7 Å². The number of rotatable bonds is 4. The molecule has 2 aliphatic heterocycles. The van der Waals surface area contributed by atoms with E-state index < -0.39 is 0 Å². The van der Waals surface area contributed by atoms with E-state index in [0.717, 1.165) is 44.4 Å². The molecule has 2 saturated heterocycles. The highest BCUT2D eigenvalue weighted by Gasteiger charge is 2.25. The Kier molecular flexibility index (Phi) is 6.22. The lowest BCUT2D eigenvalue weighted by molar-refractivity contribution is -0.133. The Morgan fingerprint density at radius 2 is 1.87 bits per heavy atom. The topological polar surface area (TPSA) is 32.8 Å². The van der Waals surface area contributed by atoms with Crippen LogP contribution in [0.25, 0.3) is 0 Å². The lowest BCUT2D eigenvalue weighted by atomic mass is 10.1. The summed E-state index contributed by atoms with van der Waals surface area (Å²) in [6.45, 7) is 3.96. The first-order valence-corrected chi connectivity index (χ1v) is 9.76. The summed E-state index contributed by atoms with van der Waals surface area (Å²) in [5, 5.41) is 0. The SMILES string of the molecule is O=C(COc1ccccc1)N1CCCN(C2CCSCC2)CC1. The van der Waals surface area contributed by atoms with Crippen molar-refractivity contribution in [1.29, 1.82) is 0 Å². The van der Waals surface area contributed by atoms with Crippen LogP contribution in [0.3, 0.4) is 0 Å². The lowest BCUT2D eigenvalue weighted by Gasteiger charge is -2.33. The standard InChI is InChI=1S/C18H26N2O2S/c21-18(15-22-17-5-2-1-3-6-17)20-10-4-9-19(11-12-20)16-7-13-23-14-8-16/h1-3,5-6,16H,4,7-15H2. The van der Waals surface area contributed by atoms with Crippen molar-refractivity contribution in [3.63, 3.8) is 0 Å². The highest BCUT2D eigenvalue weighted by atomic mass is 32.2. The molecule has 2 aliphatic rings. The van der Waals surface area contributed by atoms with E-state index in [-0.39, 0.29) is 12.5 Å². The first-order chi connectivity index (χ1) is 11.3. The van der Waals surface area contributed by atoms with Crippen LogP contribution in [0.5, 0.6) is 5.75 Å². The van der Waals surface area contributed by atoms with Crippen LogP contribution in [-0.2, 0) is 4.79 Å². The van der Waals surface area contributed by atoms with E-state index in [9.17, 15) is 4.79 Å². The van der Waals surface area contributed by atoms with Crippen molar-refractivity contribution in [2.24, 2.45) is 0 Å². The van der Waals surface area contributed by atoms with E-state index in [1.54, 1.807) is 0 Å². The quantitative estimate of drug-likeness (QED) is 0.847. The van der Waals surface area contributed by atoms with Gasteiger partial charge in [-0.3, -0.25) is 9.69 Å². The smallest absolute Gasteiger partial charge is 0.260 e. The molecule has 0 aromatic heterocycles. The fraction of sp³-hybridized carbons (Fsp3) is 0.611. The largest absolute Gasteiger partial charge is 0.484 e. The maximum absolute atomic E-state index is 12.4. The number of carbonyl (C=O) groups is 1. The maximum Gasteiger partial charge on any atom is 0.260 e. The van der Waals surface area contributed by atoms with E-state index in [4.69, 9.17) is 4.74 Å². The van der Waals surface area contributed by atoms with Crippen LogP contribution in [0.4, 0.5) is 0 Å². The number of amides is 1. The van der Waals surface area contributed by atoms with Crippen molar-refractivity contribution in [2.75, 3.05) is 44.3 Å². The molecule has 23 heavy (non-hydrogen) atoms. The first-order valence-electron chi connectivity index (χ1n) is 8.60. The number of ether oxygens (including phenoxy) is 1. The molecule has 0 bridgehead atoms. The molecule has 0 N–H and O–H groups in total. The summed E-state index contributed by atoms with van der Waals surface area (Å²) in [6, 6.07) is 10.3. The fourth-order valence-electron chi connectivity index (χ4n) is 3.36. The minimum atomic E-state index is 0.106. The highest BCUT2D eigenvalue weighted by molar-refractivity contribution is 7.99. The Labute approximate surface area is 143 Å². The van der Waals surface area contributed by atoms with Gasteiger partial charge in [-0.1, -0.05) is 18.2 Å². The molecular formula is C18H26N2O2S. The molecule has 5 heteroatoms. The second kappa shape index (κ2) is 8.60. The molecule has 1 amide bonds. The zero-order valence-corrected chi connectivity index (χ0v) is 14.5. The molecule has 2 heterocycles. The van der Waals surface area contributed by atoms with Gasteiger partial charge in [-0.05, 0) is 42.9 Å². The summed E-state index contributed by atoms with van der Waals surface area (Å²) in [5.41, 5.74) is 0. The predicted octanol–water partition coefficient (Wildman–Crippen LogP) is 2.50. The number of hydrogen-bond acceptors (Lipinski definition) is 4. The second-order valence-electron chi connectivity index (χ2n) is 6.22. The van der Waals surface area contributed by atoms with Gasteiger partial charge in [0.25, 0.3) is 5.91 Å². The Morgan fingerprint density at radius 3 is 2.65 bits per heavy atom. The van der Waals surface area contributed by atoms with E-state index >= 15 is 0 Å². The number of carbonyl (C=O) groups excluding carboxylic acids is 1. The van der Waals surface area contributed by atoms with Gasteiger partial charge >= 0.3 is 0 Å². The van der Waals surface area contributed by atoms with Crippen LogP contribution in [0, 0.1) is 0 Å². The summed E-state index contributed by atoms with van der Waals surface area (Å²) in [6.07, 6.45) is 3.67. The Bertz CT molecular complexity index is 491. The molecule has 0 atom stereocenters. The summed E-state index contributed by atoms with van der Waals surface area (Å²) < 4.78 is 5.60. The summed E-state index contributed by atoms with van der Waals surface area (Å²) in [4.78, 5) is 17.0. The molecule has 4 nitrogen and oxygen atoms in total. The van der Waals surface area contributed by atoms with Crippen LogP contribution in [0.1, 0.15) is 19.3 Å². The van der Waals surface area contributed by atoms with E-state index in [0.29, 0.717) is 0 Å². The molecule has 3 rings (SSSR count). The molecule has 0 radical (unpaired) electrons. The summed E-state index contributed by atoms with van der Waals surface area (Å²) in [7, 11) is 0. The monoisotopic (exact) mass is 334 g/mol. The van der Waals surface area contributed by atoms with Gasteiger partial charge in [-0.15, -0.1) is 0 Å². The molecule has 0 saturated carbocycles. The average molecular weight is 334 g/mol. The van der Waals surface area contributed by atoms with Crippen molar-refractivity contribution in [3.05, 3.63) is 30.3 Å². The van der Waals surface area contributed by atoms with Crippen LogP contribution in [-0.4, -0.2) is 66.0 Å². The van der Waals surface area contributed by atoms with Gasteiger partial charge in [0.15, 0.2) is 6.61 Å². The normalized spacial score (nSPS) is 21.0. The van der Waals surface area contributed by atoms with Gasteiger partial charge < -0.3 is 9.64 Å². The number of benzene rings is 1. The van der Waals surface area contributed by atoms with Gasteiger partial charge in [0, 0.05) is 32.2 Å². The van der Waals surface area contributed by atoms with E-state index in [2.05, 4.69) is 16.7 Å². The van der Waals surface area contributed by atoms with Gasteiger partial charge in [-0.2, -0.15) is 11.8 Å².